The van der Waals surface area contributed by atoms with Gasteiger partial charge in [-0.15, -0.1) is 0 Å². The Balaban J connectivity index is 3.50. The number of aromatic carboxylic acids is 1. The van der Waals surface area contributed by atoms with E-state index in [0.717, 1.165) is 0 Å². The Kier molecular flexibility index (Phi) is 2.59. The molecule has 0 spiro atoms. The van der Waals surface area contributed by atoms with Crippen molar-refractivity contribution in [2.24, 2.45) is 0 Å². The van der Waals surface area contributed by atoms with Gasteiger partial charge in [0.05, 0.1) is 11.8 Å². The van der Waals surface area contributed by atoms with Gasteiger partial charge in [0, 0.05) is 0 Å². The van der Waals surface area contributed by atoms with Crippen LogP contribution in [0.5, 0.6) is 0 Å². The number of hydrogen-bond donors (Lipinski definition) is 2. The van der Waals surface area contributed by atoms with Gasteiger partial charge in [-0.3, -0.25) is 0 Å². The monoisotopic (exact) mass is 206 g/mol. The number of nitrogens with zero attached hydrogens (tertiary/aromatic N) is 1. The number of alkyl halides is 2. The number of nitrogen functional groups attached to an aromatic ring is 1. The first-order valence-corrected chi connectivity index (χ1v) is 3.40. The molecule has 0 bridgehead atoms. The molecule has 0 aliphatic heterocycles. The highest BCUT2D eigenvalue weighted by atomic mass is 19.3. The first kappa shape index (κ1) is 10.3. The van der Waals surface area contributed by atoms with Crippen molar-refractivity contribution in [2.75, 3.05) is 5.73 Å². The van der Waals surface area contributed by atoms with Crippen molar-refractivity contribution in [1.82, 2.24) is 4.98 Å². The molecule has 3 N–H and O–H groups in total. The van der Waals surface area contributed by atoms with Crippen LogP contribution in [0.2, 0.25) is 0 Å². The van der Waals surface area contributed by atoms with Gasteiger partial charge in [0.15, 0.2) is 5.82 Å². The van der Waals surface area contributed by atoms with Gasteiger partial charge in [0.2, 0.25) is 0 Å². The number of hydrogen-bond acceptors (Lipinski definition) is 3. The molecule has 7 heteroatoms. The van der Waals surface area contributed by atoms with Crippen molar-refractivity contribution in [3.63, 3.8) is 0 Å². The molecule has 1 aromatic rings. The molecule has 0 amide bonds. The van der Waals surface area contributed by atoms with Crippen molar-refractivity contribution in [1.29, 1.82) is 0 Å². The molecule has 0 saturated carbocycles. The zero-order valence-electron chi connectivity index (χ0n) is 6.67. The lowest BCUT2D eigenvalue weighted by Gasteiger charge is -2.07. The number of rotatable bonds is 2. The zero-order valence-corrected chi connectivity index (χ0v) is 6.67. The molecule has 0 unspecified atom stereocenters. The highest BCUT2D eigenvalue weighted by molar-refractivity contribution is 5.91. The summed E-state index contributed by atoms with van der Waals surface area (Å²) in [5, 5.41) is 8.46. The van der Waals surface area contributed by atoms with Crippen LogP contribution in [0.1, 0.15) is 22.3 Å². The molecule has 4 nitrogen and oxygen atoms in total. The average molecular weight is 206 g/mol. The van der Waals surface area contributed by atoms with Crippen molar-refractivity contribution >= 4 is 11.8 Å². The minimum atomic E-state index is -3.18. The second-order valence-electron chi connectivity index (χ2n) is 2.39. The minimum Gasteiger partial charge on any atom is -0.478 e. The molecule has 1 heterocycles. The molecule has 76 valence electrons. The summed E-state index contributed by atoms with van der Waals surface area (Å²) in [6.45, 7) is 0. The fraction of sp³-hybridized carbons (Fsp3) is 0.143. The summed E-state index contributed by atoms with van der Waals surface area (Å²) in [5.74, 6) is -3.81. The summed E-state index contributed by atoms with van der Waals surface area (Å²) in [5.41, 5.74) is 2.79. The lowest BCUT2D eigenvalue weighted by atomic mass is 10.1. The molecule has 14 heavy (non-hydrogen) atoms. The summed E-state index contributed by atoms with van der Waals surface area (Å²) in [6, 6.07) is 0. The summed E-state index contributed by atoms with van der Waals surface area (Å²) < 4.78 is 37.4. The molecule has 0 radical (unpaired) electrons. The number of carboxylic acid groups (broad SMARTS) is 1. The smallest absolute Gasteiger partial charge is 0.339 e. The van der Waals surface area contributed by atoms with Crippen molar-refractivity contribution in [3.8, 4) is 0 Å². The van der Waals surface area contributed by atoms with Gasteiger partial charge >= 0.3 is 5.97 Å². The molecule has 0 atom stereocenters. The third-order valence-electron chi connectivity index (χ3n) is 1.53. The van der Waals surface area contributed by atoms with Crippen LogP contribution in [-0.2, 0) is 0 Å². The first-order valence-electron chi connectivity index (χ1n) is 3.40. The lowest BCUT2D eigenvalue weighted by Crippen LogP contribution is -2.11. The van der Waals surface area contributed by atoms with Crippen LogP contribution in [0.4, 0.5) is 19.0 Å². The predicted octanol–water partition coefficient (Wildman–Crippen LogP) is 1.44. The van der Waals surface area contributed by atoms with Crippen molar-refractivity contribution in [2.45, 2.75) is 6.43 Å². The van der Waals surface area contributed by atoms with Crippen LogP contribution in [0.25, 0.3) is 0 Å². The Morgan fingerprint density at radius 1 is 1.57 bits per heavy atom. The number of aromatic nitrogens is 1. The van der Waals surface area contributed by atoms with E-state index < -0.39 is 35.2 Å². The zero-order chi connectivity index (χ0) is 10.9. The van der Waals surface area contributed by atoms with Crippen LogP contribution in [0.3, 0.4) is 0 Å². The van der Waals surface area contributed by atoms with E-state index in [0.29, 0.717) is 6.20 Å². The van der Waals surface area contributed by atoms with Crippen LogP contribution in [0, 0.1) is 5.82 Å². The Morgan fingerprint density at radius 2 is 2.14 bits per heavy atom. The number of nitrogens with two attached hydrogens (primary N) is 1. The van der Waals surface area contributed by atoms with E-state index in [9.17, 15) is 18.0 Å². The molecule has 1 aromatic heterocycles. The number of pyridine rings is 1. The van der Waals surface area contributed by atoms with Gasteiger partial charge in [-0.05, 0) is 0 Å². The molecule has 1 rings (SSSR count). The number of anilines is 1. The van der Waals surface area contributed by atoms with Gasteiger partial charge in [-0.25, -0.2) is 22.9 Å². The Morgan fingerprint density at radius 3 is 2.50 bits per heavy atom. The Bertz CT molecular complexity index is 381. The van der Waals surface area contributed by atoms with Crippen molar-refractivity contribution < 1.29 is 23.1 Å². The molecule has 0 fully saturated rings. The van der Waals surface area contributed by atoms with E-state index in [4.69, 9.17) is 10.8 Å². The Labute approximate surface area is 76.2 Å². The molecule has 0 aromatic carbocycles. The standard InChI is InChI=1S/C7H5F3N2O2/c8-2-1-12-6(11)4(5(9)10)3(2)7(13)14/h1,5H,(H2,11,12)(H,13,14). The van der Waals surface area contributed by atoms with Crippen molar-refractivity contribution in [3.05, 3.63) is 23.1 Å². The molecule has 0 aliphatic rings. The maximum atomic E-state index is 12.8. The van der Waals surface area contributed by atoms with Gasteiger partial charge in [0.1, 0.15) is 11.4 Å². The molecule has 0 aliphatic carbocycles. The number of carboxylic acids is 1. The summed E-state index contributed by atoms with van der Waals surface area (Å²) in [4.78, 5) is 13.5. The Hall–Kier alpha value is -1.79. The van der Waals surface area contributed by atoms with E-state index in [1.54, 1.807) is 0 Å². The molecular formula is C7H5F3N2O2. The molecule has 0 saturated heterocycles. The quantitative estimate of drug-likeness (QED) is 0.767. The lowest BCUT2D eigenvalue weighted by molar-refractivity contribution is 0.0678. The second kappa shape index (κ2) is 3.52. The van der Waals surface area contributed by atoms with Crippen LogP contribution < -0.4 is 5.73 Å². The third-order valence-corrected chi connectivity index (χ3v) is 1.53. The largest absolute Gasteiger partial charge is 0.478 e. The minimum absolute atomic E-state index is 0.491. The highest BCUT2D eigenvalue weighted by Crippen LogP contribution is 2.28. The van der Waals surface area contributed by atoms with Crippen LogP contribution >= 0.6 is 0 Å². The van der Waals surface area contributed by atoms with Crippen LogP contribution in [-0.4, -0.2) is 16.1 Å². The second-order valence-corrected chi connectivity index (χ2v) is 2.39. The van der Waals surface area contributed by atoms with Gasteiger partial charge < -0.3 is 10.8 Å². The number of halogens is 3. The van der Waals surface area contributed by atoms with E-state index in [-0.39, 0.29) is 0 Å². The average Bonchev–Trinajstić information content (AvgIpc) is 2.07. The van der Waals surface area contributed by atoms with Gasteiger partial charge in [-0.1, -0.05) is 0 Å². The van der Waals surface area contributed by atoms with E-state index in [2.05, 4.69) is 4.98 Å². The maximum Gasteiger partial charge on any atom is 0.339 e. The third kappa shape index (κ3) is 1.61. The predicted molar refractivity (Wildman–Crippen MR) is 40.5 cm³/mol. The normalized spacial score (nSPS) is 10.6. The fourth-order valence-corrected chi connectivity index (χ4v) is 0.955. The summed E-state index contributed by atoms with van der Waals surface area (Å²) >= 11 is 0. The highest BCUT2D eigenvalue weighted by Gasteiger charge is 2.25. The van der Waals surface area contributed by atoms with Gasteiger partial charge in [0.25, 0.3) is 6.43 Å². The van der Waals surface area contributed by atoms with E-state index >= 15 is 0 Å². The summed E-state index contributed by atoms with van der Waals surface area (Å²) in [7, 11) is 0. The number of carbonyl (C=O) groups is 1. The van der Waals surface area contributed by atoms with Gasteiger partial charge in [-0.2, -0.15) is 0 Å². The SMILES string of the molecule is Nc1ncc(F)c(C(=O)O)c1C(F)F. The van der Waals surface area contributed by atoms with Crippen LogP contribution in [0.15, 0.2) is 6.20 Å². The van der Waals surface area contributed by atoms with E-state index in [1.165, 1.54) is 0 Å². The first-order chi connectivity index (χ1) is 6.45. The maximum absolute atomic E-state index is 12.8. The fourth-order valence-electron chi connectivity index (χ4n) is 0.955. The van der Waals surface area contributed by atoms with E-state index in [1.807, 2.05) is 0 Å². The summed E-state index contributed by atoms with van der Waals surface area (Å²) in [6.07, 6.45) is -2.69. The molecular weight excluding hydrogens is 201 g/mol. The topological polar surface area (TPSA) is 76.2 Å².